The lowest BCUT2D eigenvalue weighted by Gasteiger charge is -2.26. The molecule has 13 rings (SSSR count). The summed E-state index contributed by atoms with van der Waals surface area (Å²) in [6, 6.07) is 90.2. The van der Waals surface area contributed by atoms with E-state index in [9.17, 15) is 0 Å². The number of furan rings is 1. The summed E-state index contributed by atoms with van der Waals surface area (Å²) in [7, 11) is 0. The normalized spacial score (nSPS) is 11.6. The van der Waals surface area contributed by atoms with Gasteiger partial charge >= 0.3 is 0 Å². The number of hydrogen-bond acceptors (Lipinski definition) is 2. The average Bonchev–Trinajstić information content (AvgIpc) is 3.78. The summed E-state index contributed by atoms with van der Waals surface area (Å²) < 4.78 is 6.26. The molecular formula is C64H41NO. The summed E-state index contributed by atoms with van der Waals surface area (Å²) in [6.07, 6.45) is 0. The van der Waals surface area contributed by atoms with E-state index in [0.29, 0.717) is 0 Å². The Morgan fingerprint density at radius 3 is 1.35 bits per heavy atom. The molecule has 0 unspecified atom stereocenters. The van der Waals surface area contributed by atoms with Crippen LogP contribution in [-0.2, 0) is 0 Å². The number of para-hydroxylation sites is 1. The van der Waals surface area contributed by atoms with Crippen LogP contribution in [0, 0.1) is 0 Å². The molecule has 0 radical (unpaired) electrons. The van der Waals surface area contributed by atoms with Crippen LogP contribution in [0.3, 0.4) is 0 Å². The first-order valence-electron chi connectivity index (χ1n) is 22.6. The van der Waals surface area contributed by atoms with Gasteiger partial charge in [0.25, 0.3) is 0 Å². The molecule has 0 amide bonds. The third-order valence-corrected chi connectivity index (χ3v) is 13.5. The van der Waals surface area contributed by atoms with Crippen molar-refractivity contribution in [3.05, 3.63) is 249 Å². The molecule has 12 aromatic carbocycles. The van der Waals surface area contributed by atoms with Crippen molar-refractivity contribution >= 4 is 82.1 Å². The molecule has 0 bridgehead atoms. The highest BCUT2D eigenvalue weighted by atomic mass is 16.3. The van der Waals surface area contributed by atoms with Gasteiger partial charge in [0.1, 0.15) is 11.2 Å². The number of benzene rings is 12. The van der Waals surface area contributed by atoms with Crippen molar-refractivity contribution < 1.29 is 4.42 Å². The molecule has 0 aliphatic heterocycles. The van der Waals surface area contributed by atoms with Crippen LogP contribution >= 0.6 is 0 Å². The van der Waals surface area contributed by atoms with Crippen LogP contribution < -0.4 is 4.90 Å². The zero-order chi connectivity index (χ0) is 43.6. The number of rotatable bonds is 7. The van der Waals surface area contributed by atoms with E-state index in [4.69, 9.17) is 4.42 Å². The van der Waals surface area contributed by atoms with Gasteiger partial charge in [-0.1, -0.05) is 194 Å². The summed E-state index contributed by atoms with van der Waals surface area (Å²) in [5.41, 5.74) is 14.5. The first-order valence-corrected chi connectivity index (χ1v) is 22.6. The predicted octanol–water partition coefficient (Wildman–Crippen LogP) is 18.3. The quantitative estimate of drug-likeness (QED) is 0.149. The predicted molar refractivity (Wildman–Crippen MR) is 280 cm³/mol. The standard InChI is InChI=1S/C64H41NO/c1-3-11-54-46(10-1)33-40-59-55(14-7-16-58(54)59)47-21-19-42(20-22-47)43-27-34-51(35-28-43)65(53-38-31-48(32-39-53)57-15-8-18-63-64(57)60-13-5-6-17-62(60)66-63)52-36-29-44(30-37-52)50-26-25-49-24-23-45-9-2-4-12-56(45)61(49)41-50/h1-41H. The number of hydrogen-bond donors (Lipinski definition) is 0. The van der Waals surface area contributed by atoms with Gasteiger partial charge in [0.15, 0.2) is 0 Å². The van der Waals surface area contributed by atoms with E-state index in [1.165, 1.54) is 76.5 Å². The monoisotopic (exact) mass is 839 g/mol. The Morgan fingerprint density at radius 2 is 0.667 bits per heavy atom. The number of fused-ring (bicyclic) bond motifs is 9. The van der Waals surface area contributed by atoms with Crippen molar-refractivity contribution in [1.82, 2.24) is 0 Å². The summed E-state index contributed by atoms with van der Waals surface area (Å²) in [4.78, 5) is 2.35. The minimum atomic E-state index is 0.899. The zero-order valence-electron chi connectivity index (χ0n) is 36.0. The van der Waals surface area contributed by atoms with Gasteiger partial charge in [-0.3, -0.25) is 0 Å². The molecule has 0 saturated heterocycles. The third-order valence-electron chi connectivity index (χ3n) is 13.5. The molecule has 0 atom stereocenters. The van der Waals surface area contributed by atoms with E-state index in [1.807, 2.05) is 12.1 Å². The molecule has 2 heteroatoms. The number of anilines is 3. The summed E-state index contributed by atoms with van der Waals surface area (Å²) >= 11 is 0. The van der Waals surface area contributed by atoms with Gasteiger partial charge < -0.3 is 9.32 Å². The van der Waals surface area contributed by atoms with E-state index in [1.54, 1.807) is 0 Å². The van der Waals surface area contributed by atoms with E-state index in [0.717, 1.165) is 50.1 Å². The maximum atomic E-state index is 6.26. The van der Waals surface area contributed by atoms with Crippen molar-refractivity contribution in [2.45, 2.75) is 0 Å². The molecule has 0 aliphatic carbocycles. The van der Waals surface area contributed by atoms with E-state index in [-0.39, 0.29) is 0 Å². The maximum Gasteiger partial charge on any atom is 0.136 e. The second kappa shape index (κ2) is 15.5. The summed E-state index contributed by atoms with van der Waals surface area (Å²) in [6.45, 7) is 0. The van der Waals surface area contributed by atoms with Gasteiger partial charge in [-0.05, 0) is 142 Å². The average molecular weight is 840 g/mol. The molecule has 0 saturated carbocycles. The van der Waals surface area contributed by atoms with Gasteiger partial charge in [-0.2, -0.15) is 0 Å². The Labute approximate surface area is 382 Å². The van der Waals surface area contributed by atoms with Crippen molar-refractivity contribution in [3.63, 3.8) is 0 Å². The third kappa shape index (κ3) is 6.42. The Bertz CT molecular complexity index is 3960. The lowest BCUT2D eigenvalue weighted by Crippen LogP contribution is -2.09. The first-order chi connectivity index (χ1) is 32.7. The van der Waals surface area contributed by atoms with E-state index >= 15 is 0 Å². The van der Waals surface area contributed by atoms with E-state index < -0.39 is 0 Å². The highest BCUT2D eigenvalue weighted by molar-refractivity contribution is 6.14. The van der Waals surface area contributed by atoms with Crippen LogP contribution in [0.1, 0.15) is 0 Å². The Balaban J connectivity index is 0.859. The second-order valence-corrected chi connectivity index (χ2v) is 17.2. The van der Waals surface area contributed by atoms with Crippen LogP contribution in [0.15, 0.2) is 253 Å². The largest absolute Gasteiger partial charge is 0.456 e. The zero-order valence-corrected chi connectivity index (χ0v) is 36.0. The van der Waals surface area contributed by atoms with Crippen molar-refractivity contribution in [2.75, 3.05) is 4.90 Å². The molecular weight excluding hydrogens is 799 g/mol. The fourth-order valence-electron chi connectivity index (χ4n) is 10.2. The highest BCUT2D eigenvalue weighted by Gasteiger charge is 2.17. The molecule has 66 heavy (non-hydrogen) atoms. The van der Waals surface area contributed by atoms with Crippen molar-refractivity contribution in [2.24, 2.45) is 0 Å². The van der Waals surface area contributed by atoms with Crippen LogP contribution in [0.25, 0.3) is 110 Å². The minimum absolute atomic E-state index is 0.899. The van der Waals surface area contributed by atoms with Gasteiger partial charge in [-0.25, -0.2) is 0 Å². The van der Waals surface area contributed by atoms with Gasteiger partial charge in [0.2, 0.25) is 0 Å². The molecule has 0 N–H and O–H groups in total. The molecule has 1 aromatic heterocycles. The lowest BCUT2D eigenvalue weighted by molar-refractivity contribution is 0.669. The lowest BCUT2D eigenvalue weighted by atomic mass is 9.93. The molecule has 13 aromatic rings. The topological polar surface area (TPSA) is 16.4 Å². The van der Waals surface area contributed by atoms with Gasteiger partial charge in [-0.15, -0.1) is 0 Å². The fourth-order valence-corrected chi connectivity index (χ4v) is 10.2. The summed E-state index contributed by atoms with van der Waals surface area (Å²) in [5, 5.41) is 12.4. The molecule has 0 fully saturated rings. The highest BCUT2D eigenvalue weighted by Crippen LogP contribution is 2.41. The molecule has 0 aliphatic rings. The fraction of sp³-hybridized carbons (Fsp3) is 0. The van der Waals surface area contributed by atoms with Gasteiger partial charge in [0, 0.05) is 27.8 Å². The van der Waals surface area contributed by atoms with Gasteiger partial charge in [0.05, 0.1) is 0 Å². The van der Waals surface area contributed by atoms with E-state index in [2.05, 4.69) is 241 Å². The first kappa shape index (κ1) is 37.8. The molecule has 1 heterocycles. The van der Waals surface area contributed by atoms with Crippen molar-refractivity contribution in [3.8, 4) is 44.5 Å². The Kier molecular flexibility index (Phi) is 8.89. The van der Waals surface area contributed by atoms with Crippen LogP contribution in [0.4, 0.5) is 17.1 Å². The molecule has 308 valence electrons. The van der Waals surface area contributed by atoms with Crippen LogP contribution in [-0.4, -0.2) is 0 Å². The SMILES string of the molecule is c1ccc2c(c1)ccc1ccc(-c3ccc(N(c4ccc(-c5ccc(-c6cccc7c6ccc6ccccc67)cc5)cc4)c4ccc(-c5cccc6oc7ccccc7c56)cc4)cc3)cc12. The molecule has 0 spiro atoms. The number of nitrogens with zero attached hydrogens (tertiary/aromatic N) is 1. The van der Waals surface area contributed by atoms with Crippen molar-refractivity contribution in [1.29, 1.82) is 0 Å². The second-order valence-electron chi connectivity index (χ2n) is 17.2. The minimum Gasteiger partial charge on any atom is -0.456 e. The van der Waals surface area contributed by atoms with Crippen LogP contribution in [0.2, 0.25) is 0 Å². The summed E-state index contributed by atoms with van der Waals surface area (Å²) in [5.74, 6) is 0. The molecule has 2 nitrogen and oxygen atoms in total. The Hall–Kier alpha value is -8.72. The smallest absolute Gasteiger partial charge is 0.136 e. The Morgan fingerprint density at radius 1 is 0.242 bits per heavy atom. The van der Waals surface area contributed by atoms with Crippen LogP contribution in [0.5, 0.6) is 0 Å². The maximum absolute atomic E-state index is 6.26.